The molecule has 0 radical (unpaired) electrons. The van der Waals surface area contributed by atoms with Gasteiger partial charge in [0.25, 0.3) is 0 Å². The maximum atomic E-state index is 10.5. The average Bonchev–Trinajstić information content (AvgIpc) is 2.98. The Balaban J connectivity index is 1.60. The summed E-state index contributed by atoms with van der Waals surface area (Å²) in [5.41, 5.74) is 1.77. The summed E-state index contributed by atoms with van der Waals surface area (Å²) >= 11 is 7.57. The molecule has 1 aliphatic heterocycles. The molecular formula is C20H18ClN5O2S. The number of aliphatic hydroxyl groups excluding tert-OH is 1. The van der Waals surface area contributed by atoms with Crippen LogP contribution in [0.4, 0.5) is 5.69 Å². The maximum absolute atomic E-state index is 10.5. The number of hydrogen-bond acceptors (Lipinski definition) is 8. The molecule has 5 rings (SSSR count). The summed E-state index contributed by atoms with van der Waals surface area (Å²) in [6, 6.07) is 9.50. The molecule has 1 aromatic carbocycles. The Labute approximate surface area is 175 Å². The van der Waals surface area contributed by atoms with E-state index in [0.29, 0.717) is 22.7 Å². The van der Waals surface area contributed by atoms with E-state index < -0.39 is 6.23 Å². The van der Waals surface area contributed by atoms with E-state index in [1.807, 2.05) is 31.2 Å². The number of aliphatic hydroxyl groups is 1. The molecule has 29 heavy (non-hydrogen) atoms. The highest BCUT2D eigenvalue weighted by atomic mass is 35.5. The number of halogens is 1. The van der Waals surface area contributed by atoms with Gasteiger partial charge in [0.1, 0.15) is 17.2 Å². The molecule has 1 unspecified atom stereocenters. The lowest BCUT2D eigenvalue weighted by atomic mass is 10.1. The summed E-state index contributed by atoms with van der Waals surface area (Å²) in [4.78, 5) is 13.8. The monoisotopic (exact) mass is 427 g/mol. The number of benzene rings is 1. The molecule has 0 fully saturated rings. The number of aryl methyl sites for hydroxylation is 1. The van der Waals surface area contributed by atoms with Gasteiger partial charge in [0.2, 0.25) is 11.8 Å². The first-order valence-electron chi connectivity index (χ1n) is 9.21. The zero-order valence-electron chi connectivity index (χ0n) is 15.7. The molecule has 4 heterocycles. The Bertz CT molecular complexity index is 1220. The van der Waals surface area contributed by atoms with Crippen LogP contribution in [0.5, 0.6) is 11.8 Å². The average molecular weight is 428 g/mol. The van der Waals surface area contributed by atoms with Gasteiger partial charge in [0, 0.05) is 40.2 Å². The molecule has 148 valence electrons. The third-order valence-corrected chi connectivity index (χ3v) is 6.19. The number of nitrogens with one attached hydrogen (secondary N) is 2. The standard InChI is InChI=1S/C20H18ClN5O2S/c1-9-8-22-18-17-11-3-6-15(28-16-7-14(21)24-10(2)25-16)26-12(11)4-5-13(17)29-19(18)20(27)23-9/h3-7,9,20,22-23,27H,8H2,1-2H3/t9-,20?/m1/s1. The molecule has 0 bridgehead atoms. The number of aromatic nitrogens is 3. The first-order chi connectivity index (χ1) is 14.0. The summed E-state index contributed by atoms with van der Waals surface area (Å²) in [5.74, 6) is 1.31. The first kappa shape index (κ1) is 18.5. The van der Waals surface area contributed by atoms with Gasteiger partial charge in [-0.2, -0.15) is 4.98 Å². The minimum atomic E-state index is -0.691. The second-order valence-electron chi connectivity index (χ2n) is 7.03. The molecule has 7 nitrogen and oxygen atoms in total. The molecule has 4 aromatic rings. The summed E-state index contributed by atoms with van der Waals surface area (Å²) in [6.45, 7) is 4.52. The van der Waals surface area contributed by atoms with E-state index >= 15 is 0 Å². The lowest BCUT2D eigenvalue weighted by Gasteiger charge is -2.13. The molecule has 9 heteroatoms. The topological polar surface area (TPSA) is 92.2 Å². The lowest BCUT2D eigenvalue weighted by molar-refractivity contribution is 0.134. The van der Waals surface area contributed by atoms with Crippen LogP contribution in [0.15, 0.2) is 30.3 Å². The fourth-order valence-electron chi connectivity index (χ4n) is 3.55. The van der Waals surface area contributed by atoms with Gasteiger partial charge in [0.05, 0.1) is 16.1 Å². The predicted molar refractivity (Wildman–Crippen MR) is 115 cm³/mol. The van der Waals surface area contributed by atoms with Crippen LogP contribution < -0.4 is 15.4 Å². The lowest BCUT2D eigenvalue weighted by Crippen LogP contribution is -2.32. The summed E-state index contributed by atoms with van der Waals surface area (Å²) in [6.07, 6.45) is -0.691. The van der Waals surface area contributed by atoms with Crippen molar-refractivity contribution in [2.45, 2.75) is 26.1 Å². The third-order valence-electron chi connectivity index (χ3n) is 4.79. The zero-order valence-corrected chi connectivity index (χ0v) is 17.3. The van der Waals surface area contributed by atoms with Gasteiger partial charge in [-0.15, -0.1) is 11.3 Å². The van der Waals surface area contributed by atoms with Crippen LogP contribution in [-0.4, -0.2) is 32.6 Å². The van der Waals surface area contributed by atoms with Gasteiger partial charge >= 0.3 is 0 Å². The number of rotatable bonds is 2. The molecule has 0 spiro atoms. The fourth-order valence-corrected chi connectivity index (χ4v) is 4.91. The Morgan fingerprint density at radius 1 is 1.17 bits per heavy atom. The predicted octanol–water partition coefficient (Wildman–Crippen LogP) is 4.39. The van der Waals surface area contributed by atoms with Crippen LogP contribution >= 0.6 is 22.9 Å². The van der Waals surface area contributed by atoms with E-state index in [4.69, 9.17) is 16.3 Å². The smallest absolute Gasteiger partial charge is 0.226 e. The first-order valence-corrected chi connectivity index (χ1v) is 10.4. The van der Waals surface area contributed by atoms with Crippen molar-refractivity contribution in [2.75, 3.05) is 11.9 Å². The quantitative estimate of drug-likeness (QED) is 0.408. The molecule has 0 amide bonds. The van der Waals surface area contributed by atoms with E-state index in [9.17, 15) is 5.11 Å². The van der Waals surface area contributed by atoms with Gasteiger partial charge in [-0.1, -0.05) is 11.6 Å². The summed E-state index contributed by atoms with van der Waals surface area (Å²) in [5, 5.41) is 19.6. The van der Waals surface area contributed by atoms with E-state index in [1.165, 1.54) is 0 Å². The molecule has 2 atom stereocenters. The van der Waals surface area contributed by atoms with Gasteiger partial charge < -0.3 is 15.2 Å². The van der Waals surface area contributed by atoms with Crippen molar-refractivity contribution in [1.82, 2.24) is 20.3 Å². The van der Waals surface area contributed by atoms with Crippen LogP contribution in [0.3, 0.4) is 0 Å². The van der Waals surface area contributed by atoms with E-state index in [1.54, 1.807) is 24.3 Å². The van der Waals surface area contributed by atoms with Crippen LogP contribution in [0.2, 0.25) is 5.15 Å². The van der Waals surface area contributed by atoms with Crippen molar-refractivity contribution in [3.05, 3.63) is 46.2 Å². The van der Waals surface area contributed by atoms with Crippen molar-refractivity contribution >= 4 is 49.6 Å². The number of fused-ring (bicyclic) bond motifs is 5. The number of pyridine rings is 1. The van der Waals surface area contributed by atoms with Crippen molar-refractivity contribution < 1.29 is 9.84 Å². The van der Waals surface area contributed by atoms with Crippen molar-refractivity contribution in [3.8, 4) is 11.8 Å². The van der Waals surface area contributed by atoms with Crippen LogP contribution in [0.25, 0.3) is 21.0 Å². The van der Waals surface area contributed by atoms with E-state index in [2.05, 4.69) is 25.6 Å². The zero-order chi connectivity index (χ0) is 20.1. The Morgan fingerprint density at radius 2 is 2.03 bits per heavy atom. The van der Waals surface area contributed by atoms with E-state index in [-0.39, 0.29) is 6.04 Å². The van der Waals surface area contributed by atoms with Crippen LogP contribution in [0.1, 0.15) is 23.9 Å². The Morgan fingerprint density at radius 3 is 2.86 bits per heavy atom. The van der Waals surface area contributed by atoms with Crippen molar-refractivity contribution in [3.63, 3.8) is 0 Å². The minimum absolute atomic E-state index is 0.163. The molecule has 3 aromatic heterocycles. The highest BCUT2D eigenvalue weighted by Crippen LogP contribution is 2.43. The number of thiophene rings is 1. The number of nitrogens with zero attached hydrogens (tertiary/aromatic N) is 3. The van der Waals surface area contributed by atoms with Crippen molar-refractivity contribution in [1.29, 1.82) is 0 Å². The Hall–Kier alpha value is -2.52. The van der Waals surface area contributed by atoms with Crippen LogP contribution in [-0.2, 0) is 0 Å². The Kier molecular flexibility index (Phi) is 4.51. The minimum Gasteiger partial charge on any atom is -0.421 e. The number of anilines is 1. The SMILES string of the molecule is Cc1nc(Cl)cc(Oc2ccc3c(ccc4sc5c(c43)NC[C@@H](C)NC5O)n2)n1. The second-order valence-corrected chi connectivity index (χ2v) is 8.50. The van der Waals surface area contributed by atoms with Crippen LogP contribution in [0, 0.1) is 6.92 Å². The van der Waals surface area contributed by atoms with Gasteiger partial charge in [-0.05, 0) is 32.0 Å². The number of ether oxygens (including phenoxy) is 1. The molecule has 0 saturated heterocycles. The molecule has 1 aliphatic rings. The van der Waals surface area contributed by atoms with Gasteiger partial charge in [-0.25, -0.2) is 9.97 Å². The molecule has 3 N–H and O–H groups in total. The normalized spacial score (nSPS) is 19.0. The third kappa shape index (κ3) is 3.38. The summed E-state index contributed by atoms with van der Waals surface area (Å²) in [7, 11) is 0. The van der Waals surface area contributed by atoms with Gasteiger partial charge in [-0.3, -0.25) is 5.32 Å². The highest BCUT2D eigenvalue weighted by molar-refractivity contribution is 7.20. The second kappa shape index (κ2) is 7.07. The van der Waals surface area contributed by atoms with Gasteiger partial charge in [0.15, 0.2) is 0 Å². The van der Waals surface area contributed by atoms with E-state index in [0.717, 1.165) is 38.1 Å². The van der Waals surface area contributed by atoms with Crippen molar-refractivity contribution in [2.24, 2.45) is 0 Å². The largest absolute Gasteiger partial charge is 0.421 e. The maximum Gasteiger partial charge on any atom is 0.226 e. The molecule has 0 aliphatic carbocycles. The number of hydrogen-bond donors (Lipinski definition) is 3. The molecular weight excluding hydrogens is 410 g/mol. The fraction of sp³-hybridized carbons (Fsp3) is 0.250. The highest BCUT2D eigenvalue weighted by Gasteiger charge is 2.25. The summed E-state index contributed by atoms with van der Waals surface area (Å²) < 4.78 is 6.89. The molecule has 0 saturated carbocycles.